The van der Waals surface area contributed by atoms with E-state index in [0.29, 0.717) is 11.0 Å². The molecule has 0 bridgehead atoms. The predicted octanol–water partition coefficient (Wildman–Crippen LogP) is 3.16. The van der Waals surface area contributed by atoms with E-state index in [1.165, 1.54) is 57.8 Å². The molecule has 0 aliphatic rings. The molecule has 0 aromatic rings. The van der Waals surface area contributed by atoms with Crippen molar-refractivity contribution in [2.75, 3.05) is 33.8 Å². The van der Waals surface area contributed by atoms with Crippen LogP contribution in [0.25, 0.3) is 0 Å². The zero-order valence-electron chi connectivity index (χ0n) is 15.7. The van der Waals surface area contributed by atoms with Gasteiger partial charge in [0.15, 0.2) is 6.10 Å². The van der Waals surface area contributed by atoms with Crippen LogP contribution in [0.3, 0.4) is 0 Å². The van der Waals surface area contributed by atoms with Crippen LogP contribution < -0.4 is 0 Å². The molecule has 0 rings (SSSR count). The minimum Gasteiger partial charge on any atom is -0.393 e. The van der Waals surface area contributed by atoms with E-state index in [9.17, 15) is 13.5 Å². The number of quaternary nitrogens is 1. The molecule has 0 amide bonds. The maximum Gasteiger partial charge on any atom is 0.397 e. The molecular formula is C17H38NO5S+. The van der Waals surface area contributed by atoms with Crippen molar-refractivity contribution in [2.24, 2.45) is 0 Å². The van der Waals surface area contributed by atoms with Crippen LogP contribution in [0, 0.1) is 0 Å². The summed E-state index contributed by atoms with van der Waals surface area (Å²) in [5, 5.41) is 9.19. The number of rotatable bonds is 16. The van der Waals surface area contributed by atoms with Gasteiger partial charge in [0, 0.05) is 0 Å². The summed E-state index contributed by atoms with van der Waals surface area (Å²) in [5.41, 5.74) is 0. The second-order valence-electron chi connectivity index (χ2n) is 7.35. The predicted molar refractivity (Wildman–Crippen MR) is 97.2 cm³/mol. The molecule has 24 heavy (non-hydrogen) atoms. The van der Waals surface area contributed by atoms with Crippen molar-refractivity contribution >= 4 is 10.4 Å². The average Bonchev–Trinajstić information content (AvgIpc) is 2.46. The van der Waals surface area contributed by atoms with Gasteiger partial charge in [-0.2, -0.15) is 8.42 Å². The molecule has 0 aromatic carbocycles. The third kappa shape index (κ3) is 15.3. The lowest BCUT2D eigenvalue weighted by atomic mass is 10.1. The van der Waals surface area contributed by atoms with E-state index in [-0.39, 0.29) is 0 Å². The molecule has 0 radical (unpaired) electrons. The number of nitrogens with zero attached hydrogens (tertiary/aromatic N) is 1. The van der Waals surface area contributed by atoms with Crippen LogP contribution in [0.4, 0.5) is 0 Å². The Morgan fingerprint density at radius 2 is 1.38 bits per heavy atom. The minimum atomic E-state index is -4.52. The molecule has 0 saturated carbocycles. The molecule has 1 atom stereocenters. The molecule has 6 nitrogen and oxygen atoms in total. The Balaban J connectivity index is 3.76. The maximum atomic E-state index is 10.7. The summed E-state index contributed by atoms with van der Waals surface area (Å²) in [7, 11) is -0.570. The van der Waals surface area contributed by atoms with Crippen LogP contribution >= 0.6 is 0 Å². The van der Waals surface area contributed by atoms with Crippen LogP contribution in [-0.2, 0) is 14.6 Å². The van der Waals surface area contributed by atoms with Gasteiger partial charge in [0.05, 0.1) is 27.2 Å². The number of hydrogen-bond donors (Lipinski definition) is 2. The molecule has 0 aliphatic carbocycles. The molecular weight excluding hydrogens is 330 g/mol. The molecule has 0 heterocycles. The molecule has 0 saturated heterocycles. The van der Waals surface area contributed by atoms with E-state index in [1.54, 1.807) is 0 Å². The van der Waals surface area contributed by atoms with Crippen LogP contribution in [0.15, 0.2) is 0 Å². The minimum absolute atomic E-state index is 0.341. The average molecular weight is 369 g/mol. The van der Waals surface area contributed by atoms with E-state index in [2.05, 4.69) is 11.1 Å². The zero-order valence-corrected chi connectivity index (χ0v) is 16.6. The Bertz CT molecular complexity index is 398. The monoisotopic (exact) mass is 368 g/mol. The van der Waals surface area contributed by atoms with Gasteiger partial charge in [-0.3, -0.25) is 4.55 Å². The standard InChI is InChI=1S/C17H37NO5S/c1-4-5-6-7-8-9-10-11-12-13-14-18(2,3)15-17(16-19)23-24(20,21)22/h17,19H,4-16H2,1-3H3/p+1. The Hall–Kier alpha value is -0.210. The van der Waals surface area contributed by atoms with Gasteiger partial charge in [-0.05, 0) is 12.8 Å². The van der Waals surface area contributed by atoms with Gasteiger partial charge in [0.25, 0.3) is 0 Å². The lowest BCUT2D eigenvalue weighted by molar-refractivity contribution is -0.893. The molecule has 0 aromatic heterocycles. The van der Waals surface area contributed by atoms with Crippen molar-refractivity contribution in [1.82, 2.24) is 0 Å². The fourth-order valence-corrected chi connectivity index (χ4v) is 3.43. The van der Waals surface area contributed by atoms with Gasteiger partial charge in [0.2, 0.25) is 0 Å². The topological polar surface area (TPSA) is 83.8 Å². The first-order valence-corrected chi connectivity index (χ1v) is 10.7. The lowest BCUT2D eigenvalue weighted by Crippen LogP contribution is -2.48. The first-order chi connectivity index (χ1) is 11.2. The fraction of sp³-hybridized carbons (Fsp3) is 1.00. The highest BCUT2D eigenvalue weighted by atomic mass is 32.3. The molecule has 0 spiro atoms. The van der Waals surface area contributed by atoms with E-state index >= 15 is 0 Å². The Morgan fingerprint density at radius 1 is 0.917 bits per heavy atom. The third-order valence-electron chi connectivity index (χ3n) is 4.28. The Morgan fingerprint density at radius 3 is 1.79 bits per heavy atom. The van der Waals surface area contributed by atoms with Crippen molar-refractivity contribution in [3.8, 4) is 0 Å². The molecule has 146 valence electrons. The highest BCUT2D eigenvalue weighted by molar-refractivity contribution is 7.80. The number of hydrogen-bond acceptors (Lipinski definition) is 4. The molecule has 7 heteroatoms. The molecule has 0 fully saturated rings. The van der Waals surface area contributed by atoms with Gasteiger partial charge < -0.3 is 9.59 Å². The second-order valence-corrected chi connectivity index (χ2v) is 8.40. The number of aliphatic hydroxyl groups excluding tert-OH is 1. The Labute approximate surface area is 148 Å². The van der Waals surface area contributed by atoms with Gasteiger partial charge in [-0.25, -0.2) is 4.18 Å². The molecule has 2 N–H and O–H groups in total. The highest BCUT2D eigenvalue weighted by Crippen LogP contribution is 2.12. The Kier molecular flexibility index (Phi) is 12.9. The quantitative estimate of drug-likeness (QED) is 0.248. The first-order valence-electron chi connectivity index (χ1n) is 9.28. The summed E-state index contributed by atoms with van der Waals surface area (Å²) in [6.07, 6.45) is 11.9. The van der Waals surface area contributed by atoms with Crippen molar-refractivity contribution in [2.45, 2.75) is 77.2 Å². The van der Waals surface area contributed by atoms with E-state index in [1.807, 2.05) is 14.1 Å². The largest absolute Gasteiger partial charge is 0.397 e. The van der Waals surface area contributed by atoms with Crippen LogP contribution in [0.2, 0.25) is 0 Å². The van der Waals surface area contributed by atoms with Crippen LogP contribution in [-0.4, -0.2) is 62.5 Å². The second kappa shape index (κ2) is 13.1. The zero-order chi connectivity index (χ0) is 18.5. The van der Waals surface area contributed by atoms with Crippen LogP contribution in [0.1, 0.15) is 71.1 Å². The van der Waals surface area contributed by atoms with Gasteiger partial charge in [-0.15, -0.1) is 0 Å². The van der Waals surface area contributed by atoms with E-state index in [0.717, 1.165) is 13.0 Å². The summed E-state index contributed by atoms with van der Waals surface area (Å²) >= 11 is 0. The van der Waals surface area contributed by atoms with Gasteiger partial charge in [0.1, 0.15) is 6.54 Å². The SMILES string of the molecule is CCCCCCCCCCCC[N+](C)(C)CC(CO)OS(=O)(=O)O. The van der Waals surface area contributed by atoms with E-state index in [4.69, 9.17) is 4.55 Å². The number of unbranched alkanes of at least 4 members (excludes halogenated alkanes) is 9. The summed E-state index contributed by atoms with van der Waals surface area (Å²) in [4.78, 5) is 0. The fourth-order valence-electron chi connectivity index (χ4n) is 2.96. The number of aliphatic hydroxyl groups is 1. The van der Waals surface area contributed by atoms with E-state index < -0.39 is 23.1 Å². The lowest BCUT2D eigenvalue weighted by Gasteiger charge is -2.32. The summed E-state index contributed by atoms with van der Waals surface area (Å²) < 4.78 is 35.2. The third-order valence-corrected chi connectivity index (χ3v) is 4.79. The van der Waals surface area contributed by atoms with Crippen molar-refractivity contribution in [3.05, 3.63) is 0 Å². The summed E-state index contributed by atoms with van der Waals surface area (Å²) in [6, 6.07) is 0. The van der Waals surface area contributed by atoms with Gasteiger partial charge >= 0.3 is 10.4 Å². The smallest absolute Gasteiger partial charge is 0.393 e. The van der Waals surface area contributed by atoms with Crippen molar-refractivity contribution in [1.29, 1.82) is 0 Å². The maximum absolute atomic E-state index is 10.7. The van der Waals surface area contributed by atoms with Crippen molar-refractivity contribution in [3.63, 3.8) is 0 Å². The molecule has 0 aliphatic heterocycles. The van der Waals surface area contributed by atoms with Crippen molar-refractivity contribution < 1.29 is 26.7 Å². The number of likely N-dealkylation sites (N-methyl/N-ethyl adjacent to an activating group) is 1. The summed E-state index contributed by atoms with van der Waals surface area (Å²) in [6.45, 7) is 3.03. The first kappa shape index (κ1) is 23.8. The molecule has 1 unspecified atom stereocenters. The summed E-state index contributed by atoms with van der Waals surface area (Å²) in [5.74, 6) is 0. The van der Waals surface area contributed by atoms with Crippen LogP contribution in [0.5, 0.6) is 0 Å². The normalized spacial score (nSPS) is 14.0. The van der Waals surface area contributed by atoms with Gasteiger partial charge in [-0.1, -0.05) is 58.3 Å². The highest BCUT2D eigenvalue weighted by Gasteiger charge is 2.25.